The van der Waals surface area contributed by atoms with Gasteiger partial charge in [0.25, 0.3) is 5.92 Å². The first-order valence-electron chi connectivity index (χ1n) is 9.96. The molecule has 0 saturated heterocycles. The minimum Gasteiger partial charge on any atom is -0.465 e. The average molecular weight is 385 g/mol. The number of allylic oxidation sites excluding steroid dienone is 2. The lowest BCUT2D eigenvalue weighted by molar-refractivity contribution is 0.0595. The van der Waals surface area contributed by atoms with E-state index in [1.54, 1.807) is 6.08 Å². The number of hydrogen-bond acceptors (Lipinski definition) is 2. The number of benzene rings is 1. The Morgan fingerprint density at radius 1 is 1.11 bits per heavy atom. The van der Waals surface area contributed by atoms with E-state index in [9.17, 15) is 13.6 Å². The fraction of sp³-hybridized carbons (Fsp3) is 0.609. The summed E-state index contributed by atoms with van der Waals surface area (Å²) >= 11 is 0. The number of esters is 1. The van der Waals surface area contributed by atoms with Gasteiger partial charge in [-0.3, -0.25) is 0 Å². The molecular formula is C23H38F2O2. The molecule has 156 valence electrons. The van der Waals surface area contributed by atoms with E-state index in [1.165, 1.54) is 12.7 Å². The van der Waals surface area contributed by atoms with Crippen molar-refractivity contribution in [1.29, 1.82) is 0 Å². The van der Waals surface area contributed by atoms with Crippen LogP contribution in [0.3, 0.4) is 0 Å². The number of methoxy groups -OCH3 is 1. The maximum Gasteiger partial charge on any atom is 0.338 e. The zero-order valence-electron chi connectivity index (χ0n) is 18.6. The minimum absolute atomic E-state index is 0.245. The zero-order chi connectivity index (χ0) is 21.6. The third kappa shape index (κ3) is 9.69. The molecule has 0 bridgehead atoms. The number of hydrogen-bond donors (Lipinski definition) is 0. The molecule has 0 heterocycles. The lowest BCUT2D eigenvalue weighted by Gasteiger charge is -2.09. The molecule has 27 heavy (non-hydrogen) atoms. The van der Waals surface area contributed by atoms with Gasteiger partial charge in [-0.2, -0.15) is 0 Å². The Balaban J connectivity index is 0. The smallest absolute Gasteiger partial charge is 0.338 e. The van der Waals surface area contributed by atoms with Gasteiger partial charge in [0.15, 0.2) is 0 Å². The van der Waals surface area contributed by atoms with Gasteiger partial charge in [0, 0.05) is 6.92 Å². The van der Waals surface area contributed by atoms with Crippen LogP contribution < -0.4 is 0 Å². The monoisotopic (exact) mass is 384 g/mol. The Morgan fingerprint density at radius 3 is 1.96 bits per heavy atom. The molecule has 1 aliphatic carbocycles. The van der Waals surface area contributed by atoms with Crippen LogP contribution in [-0.2, 0) is 11.2 Å². The Morgan fingerprint density at radius 2 is 1.63 bits per heavy atom. The molecule has 0 N–H and O–H groups in total. The number of aryl methyl sites for hydroxylation is 3. The molecule has 0 unspecified atom stereocenters. The molecule has 0 aliphatic heterocycles. The Kier molecular flexibility index (Phi) is 14.6. The standard InChI is InChI=1S/C12H16O2.C7H10F2.2C2H6/c1-5-10-6-8(2)9(3)7-11(10)12(13)14-4;1-7(8,9)6-4-2-3-5-6;2*1-2/h6-7H,5H2,1-4H3;4H,2-3,5H2,1H3;2*1-2H3. The van der Waals surface area contributed by atoms with Crippen LogP contribution >= 0.6 is 0 Å². The van der Waals surface area contributed by atoms with Crippen LogP contribution in [-0.4, -0.2) is 19.0 Å². The van der Waals surface area contributed by atoms with Crippen LogP contribution in [0.4, 0.5) is 8.78 Å². The van der Waals surface area contributed by atoms with Crippen LogP contribution in [0.1, 0.15) is 87.9 Å². The lowest BCUT2D eigenvalue weighted by Crippen LogP contribution is -2.11. The normalized spacial score (nSPS) is 12.3. The number of carbonyl (C=O) groups is 1. The van der Waals surface area contributed by atoms with Crippen molar-refractivity contribution < 1.29 is 18.3 Å². The average Bonchev–Trinajstić information content (AvgIpc) is 3.22. The van der Waals surface area contributed by atoms with E-state index in [2.05, 4.69) is 13.0 Å². The fourth-order valence-corrected chi connectivity index (χ4v) is 2.54. The lowest BCUT2D eigenvalue weighted by atomic mass is 9.98. The van der Waals surface area contributed by atoms with Crippen molar-refractivity contribution in [2.24, 2.45) is 0 Å². The van der Waals surface area contributed by atoms with E-state index < -0.39 is 5.92 Å². The molecule has 1 aromatic carbocycles. The molecule has 0 atom stereocenters. The molecule has 0 saturated carbocycles. The van der Waals surface area contributed by atoms with Gasteiger partial charge in [-0.1, -0.05) is 46.8 Å². The van der Waals surface area contributed by atoms with Crippen LogP contribution in [0.15, 0.2) is 23.8 Å². The van der Waals surface area contributed by atoms with E-state index in [-0.39, 0.29) is 5.97 Å². The van der Waals surface area contributed by atoms with E-state index in [1.807, 2.05) is 47.6 Å². The second-order valence-electron chi connectivity index (χ2n) is 5.95. The Hall–Kier alpha value is -1.71. The summed E-state index contributed by atoms with van der Waals surface area (Å²) in [6.07, 6.45) is 4.83. The van der Waals surface area contributed by atoms with Gasteiger partial charge in [-0.25, -0.2) is 13.6 Å². The molecule has 0 fully saturated rings. The molecular weight excluding hydrogens is 346 g/mol. The summed E-state index contributed by atoms with van der Waals surface area (Å²) in [5.74, 6) is -2.80. The summed E-state index contributed by atoms with van der Waals surface area (Å²) in [7, 11) is 1.41. The number of halogens is 2. The molecule has 0 aromatic heterocycles. The van der Waals surface area contributed by atoms with Gasteiger partial charge in [-0.15, -0.1) is 0 Å². The van der Waals surface area contributed by atoms with Crippen molar-refractivity contribution in [3.05, 3.63) is 46.0 Å². The second kappa shape index (κ2) is 14.4. The van der Waals surface area contributed by atoms with Gasteiger partial charge in [0.1, 0.15) is 0 Å². The van der Waals surface area contributed by atoms with Crippen LogP contribution in [0.5, 0.6) is 0 Å². The van der Waals surface area contributed by atoms with E-state index >= 15 is 0 Å². The summed E-state index contributed by atoms with van der Waals surface area (Å²) in [5.41, 5.74) is 4.41. The van der Waals surface area contributed by atoms with Gasteiger partial charge in [0.05, 0.1) is 12.7 Å². The summed E-state index contributed by atoms with van der Waals surface area (Å²) < 4.78 is 29.5. The van der Waals surface area contributed by atoms with Crippen molar-refractivity contribution in [2.75, 3.05) is 7.11 Å². The topological polar surface area (TPSA) is 26.3 Å². The summed E-state index contributed by atoms with van der Waals surface area (Å²) in [6.45, 7) is 15.1. The largest absolute Gasteiger partial charge is 0.465 e. The number of ether oxygens (including phenoxy) is 1. The summed E-state index contributed by atoms with van der Waals surface area (Å²) in [6, 6.07) is 3.96. The van der Waals surface area contributed by atoms with Gasteiger partial charge in [-0.05, 0) is 67.9 Å². The van der Waals surface area contributed by atoms with Gasteiger partial charge >= 0.3 is 5.97 Å². The second-order valence-corrected chi connectivity index (χ2v) is 5.95. The SMILES string of the molecule is CC.CC.CC(F)(F)C1=CCCC1.CCc1cc(C)c(C)cc1C(=O)OC. The first kappa shape index (κ1) is 27.5. The highest BCUT2D eigenvalue weighted by Gasteiger charge is 2.28. The molecule has 2 rings (SSSR count). The molecule has 1 aromatic rings. The van der Waals surface area contributed by atoms with Crippen molar-refractivity contribution in [1.82, 2.24) is 0 Å². The summed E-state index contributed by atoms with van der Waals surface area (Å²) in [5, 5.41) is 0. The molecule has 2 nitrogen and oxygen atoms in total. The van der Waals surface area contributed by atoms with Crippen molar-refractivity contribution in [3.63, 3.8) is 0 Å². The molecule has 0 amide bonds. The van der Waals surface area contributed by atoms with Crippen LogP contribution in [0.2, 0.25) is 0 Å². The third-order valence-corrected chi connectivity index (χ3v) is 4.11. The van der Waals surface area contributed by atoms with Gasteiger partial charge in [0.2, 0.25) is 0 Å². The first-order chi connectivity index (χ1) is 12.7. The molecule has 0 radical (unpaired) electrons. The molecule has 4 heteroatoms. The number of alkyl halides is 2. The third-order valence-electron chi connectivity index (χ3n) is 4.11. The number of rotatable bonds is 3. The highest BCUT2D eigenvalue weighted by Crippen LogP contribution is 2.31. The van der Waals surface area contributed by atoms with Crippen molar-refractivity contribution in [2.45, 2.75) is 87.0 Å². The minimum atomic E-state index is -2.56. The zero-order valence-corrected chi connectivity index (χ0v) is 18.6. The maximum atomic E-state index is 12.4. The fourth-order valence-electron chi connectivity index (χ4n) is 2.54. The quantitative estimate of drug-likeness (QED) is 0.399. The first-order valence-corrected chi connectivity index (χ1v) is 9.96. The highest BCUT2D eigenvalue weighted by molar-refractivity contribution is 5.91. The van der Waals surface area contributed by atoms with Crippen LogP contribution in [0.25, 0.3) is 0 Å². The van der Waals surface area contributed by atoms with Crippen LogP contribution in [0, 0.1) is 13.8 Å². The van der Waals surface area contributed by atoms with Crippen molar-refractivity contribution in [3.8, 4) is 0 Å². The maximum absolute atomic E-state index is 12.4. The molecule has 0 spiro atoms. The predicted molar refractivity (Wildman–Crippen MR) is 112 cm³/mol. The molecule has 1 aliphatic rings. The van der Waals surface area contributed by atoms with E-state index in [0.717, 1.165) is 37.3 Å². The highest BCUT2D eigenvalue weighted by atomic mass is 19.3. The van der Waals surface area contributed by atoms with E-state index in [0.29, 0.717) is 17.6 Å². The van der Waals surface area contributed by atoms with E-state index in [4.69, 9.17) is 4.74 Å². The van der Waals surface area contributed by atoms with Gasteiger partial charge < -0.3 is 4.74 Å². The Bertz CT molecular complexity index is 585. The Labute approximate surface area is 165 Å². The predicted octanol–water partition coefficient (Wildman–Crippen LogP) is 7.46. The van der Waals surface area contributed by atoms with Crippen molar-refractivity contribution >= 4 is 5.97 Å². The summed E-state index contributed by atoms with van der Waals surface area (Å²) in [4.78, 5) is 11.4. The number of carbonyl (C=O) groups excluding carboxylic acids is 1.